The van der Waals surface area contributed by atoms with Crippen molar-refractivity contribution < 1.29 is 17.6 Å². The quantitative estimate of drug-likeness (QED) is 0.857. The third-order valence-electron chi connectivity index (χ3n) is 3.25. The highest BCUT2D eigenvalue weighted by molar-refractivity contribution is 7.89. The van der Waals surface area contributed by atoms with Crippen LogP contribution >= 0.6 is 0 Å². The normalized spacial score (nSPS) is 12.0. The van der Waals surface area contributed by atoms with Crippen LogP contribution in [0.2, 0.25) is 0 Å². The zero-order valence-electron chi connectivity index (χ0n) is 14.3. The SMILES string of the molecule is CC(C)(C)NS(=O)(=O)c1ccccc1CNC(=O)c1ccc(F)cc1. The van der Waals surface area contributed by atoms with Crippen LogP contribution < -0.4 is 10.0 Å². The maximum atomic E-state index is 12.9. The number of carbonyl (C=O) groups excluding carboxylic acids is 1. The molecule has 0 aromatic heterocycles. The molecule has 0 aliphatic heterocycles. The Labute approximate surface area is 147 Å². The minimum Gasteiger partial charge on any atom is -0.348 e. The van der Waals surface area contributed by atoms with Gasteiger partial charge in [-0.3, -0.25) is 4.79 Å². The Bertz CT molecular complexity index is 857. The van der Waals surface area contributed by atoms with Crippen molar-refractivity contribution in [2.45, 2.75) is 37.8 Å². The number of benzene rings is 2. The number of sulfonamides is 1. The topological polar surface area (TPSA) is 75.3 Å². The Balaban J connectivity index is 2.18. The molecule has 2 N–H and O–H groups in total. The monoisotopic (exact) mass is 364 g/mol. The Hall–Kier alpha value is -2.25. The van der Waals surface area contributed by atoms with Gasteiger partial charge in [0.05, 0.1) is 4.90 Å². The molecule has 2 rings (SSSR count). The minimum absolute atomic E-state index is 0.0391. The van der Waals surface area contributed by atoms with Crippen LogP contribution in [0.3, 0.4) is 0 Å². The van der Waals surface area contributed by atoms with Gasteiger partial charge in [0.2, 0.25) is 10.0 Å². The summed E-state index contributed by atoms with van der Waals surface area (Å²) in [5.41, 5.74) is 0.146. The molecule has 1 amide bonds. The minimum atomic E-state index is -3.72. The molecule has 0 heterocycles. The van der Waals surface area contributed by atoms with Crippen molar-refractivity contribution in [2.24, 2.45) is 0 Å². The van der Waals surface area contributed by atoms with Gasteiger partial charge in [0, 0.05) is 17.6 Å². The van der Waals surface area contributed by atoms with Crippen LogP contribution in [0.1, 0.15) is 36.7 Å². The first-order valence-electron chi connectivity index (χ1n) is 7.74. The van der Waals surface area contributed by atoms with Gasteiger partial charge < -0.3 is 5.32 Å². The summed E-state index contributed by atoms with van der Waals surface area (Å²) < 4.78 is 40.6. The van der Waals surface area contributed by atoms with Gasteiger partial charge in [-0.15, -0.1) is 0 Å². The average Bonchev–Trinajstić information content (AvgIpc) is 2.51. The first kappa shape index (κ1) is 19.1. The third-order valence-corrected chi connectivity index (χ3v) is 5.11. The molecular formula is C18H21FN2O3S. The third kappa shape index (κ3) is 5.37. The fourth-order valence-corrected chi connectivity index (χ4v) is 3.91. The van der Waals surface area contributed by atoms with Gasteiger partial charge in [-0.25, -0.2) is 17.5 Å². The maximum Gasteiger partial charge on any atom is 0.251 e. The van der Waals surface area contributed by atoms with Crippen molar-refractivity contribution in [3.05, 3.63) is 65.5 Å². The Morgan fingerprint density at radius 2 is 1.64 bits per heavy atom. The maximum absolute atomic E-state index is 12.9. The summed E-state index contributed by atoms with van der Waals surface area (Å²) in [4.78, 5) is 12.2. The summed E-state index contributed by atoms with van der Waals surface area (Å²) in [7, 11) is -3.72. The van der Waals surface area contributed by atoms with E-state index in [0.717, 1.165) is 0 Å². The van der Waals surface area contributed by atoms with Crippen LogP contribution in [-0.4, -0.2) is 19.9 Å². The van der Waals surface area contributed by atoms with Crippen LogP contribution in [0, 0.1) is 5.82 Å². The van der Waals surface area contributed by atoms with E-state index in [2.05, 4.69) is 10.0 Å². The van der Waals surface area contributed by atoms with Gasteiger partial charge in [0.1, 0.15) is 5.82 Å². The number of nitrogens with one attached hydrogen (secondary N) is 2. The molecule has 25 heavy (non-hydrogen) atoms. The molecule has 0 fully saturated rings. The zero-order valence-corrected chi connectivity index (χ0v) is 15.2. The smallest absolute Gasteiger partial charge is 0.251 e. The largest absolute Gasteiger partial charge is 0.348 e. The molecule has 2 aromatic carbocycles. The highest BCUT2D eigenvalue weighted by Gasteiger charge is 2.24. The average molecular weight is 364 g/mol. The molecule has 2 aromatic rings. The van der Waals surface area contributed by atoms with Crippen molar-refractivity contribution in [2.75, 3.05) is 0 Å². The molecule has 0 spiro atoms. The van der Waals surface area contributed by atoms with E-state index in [1.807, 2.05) is 0 Å². The highest BCUT2D eigenvalue weighted by Crippen LogP contribution is 2.18. The van der Waals surface area contributed by atoms with Gasteiger partial charge in [-0.2, -0.15) is 0 Å². The molecule has 0 bridgehead atoms. The van der Waals surface area contributed by atoms with Gasteiger partial charge in [0.25, 0.3) is 5.91 Å². The fourth-order valence-electron chi connectivity index (χ4n) is 2.25. The van der Waals surface area contributed by atoms with Crippen LogP contribution in [0.4, 0.5) is 4.39 Å². The second kappa shape index (κ2) is 7.33. The Morgan fingerprint density at radius 3 is 2.24 bits per heavy atom. The number of amides is 1. The van der Waals surface area contributed by atoms with Crippen molar-refractivity contribution in [1.29, 1.82) is 0 Å². The van der Waals surface area contributed by atoms with Crippen LogP contribution in [0.5, 0.6) is 0 Å². The van der Waals surface area contributed by atoms with Gasteiger partial charge >= 0.3 is 0 Å². The van der Waals surface area contributed by atoms with E-state index in [1.54, 1.807) is 39.0 Å². The lowest BCUT2D eigenvalue weighted by Gasteiger charge is -2.21. The number of hydrogen-bond acceptors (Lipinski definition) is 3. The lowest BCUT2D eigenvalue weighted by molar-refractivity contribution is 0.0950. The van der Waals surface area contributed by atoms with Gasteiger partial charge in [0.15, 0.2) is 0 Å². The number of hydrogen-bond donors (Lipinski definition) is 2. The van der Waals surface area contributed by atoms with Crippen molar-refractivity contribution in [1.82, 2.24) is 10.0 Å². The summed E-state index contributed by atoms with van der Waals surface area (Å²) in [6.07, 6.45) is 0. The summed E-state index contributed by atoms with van der Waals surface area (Å²) in [6, 6.07) is 11.6. The molecule has 0 radical (unpaired) electrons. The van der Waals surface area contributed by atoms with Crippen LogP contribution in [0.15, 0.2) is 53.4 Å². The molecule has 5 nitrogen and oxygen atoms in total. The lowest BCUT2D eigenvalue weighted by atomic mass is 10.1. The molecule has 0 aliphatic carbocycles. The van der Waals surface area contributed by atoms with E-state index < -0.39 is 27.3 Å². The molecular weight excluding hydrogens is 343 g/mol. The fraction of sp³-hybridized carbons (Fsp3) is 0.278. The summed E-state index contributed by atoms with van der Waals surface area (Å²) >= 11 is 0. The summed E-state index contributed by atoms with van der Waals surface area (Å²) in [6.45, 7) is 5.30. The molecule has 0 aliphatic rings. The zero-order chi connectivity index (χ0) is 18.7. The summed E-state index contributed by atoms with van der Waals surface area (Å²) in [5.74, 6) is -0.836. The first-order valence-corrected chi connectivity index (χ1v) is 9.22. The predicted octanol–water partition coefficient (Wildman–Crippen LogP) is 2.83. The van der Waals surface area contributed by atoms with E-state index in [0.29, 0.717) is 11.1 Å². The second-order valence-electron chi connectivity index (χ2n) is 6.65. The second-order valence-corrected chi connectivity index (χ2v) is 8.30. The Morgan fingerprint density at radius 1 is 1.04 bits per heavy atom. The molecule has 0 unspecified atom stereocenters. The number of halogens is 1. The molecule has 0 saturated carbocycles. The highest BCUT2D eigenvalue weighted by atomic mass is 32.2. The molecule has 134 valence electrons. The van der Waals surface area contributed by atoms with Gasteiger partial charge in [-0.1, -0.05) is 18.2 Å². The van der Waals surface area contributed by atoms with Crippen LogP contribution in [-0.2, 0) is 16.6 Å². The molecule has 7 heteroatoms. The van der Waals surface area contributed by atoms with E-state index in [9.17, 15) is 17.6 Å². The Kier molecular flexibility index (Phi) is 5.59. The van der Waals surface area contributed by atoms with Gasteiger partial charge in [-0.05, 0) is 56.7 Å². The number of rotatable bonds is 5. The van der Waals surface area contributed by atoms with Crippen molar-refractivity contribution in [3.8, 4) is 0 Å². The van der Waals surface area contributed by atoms with E-state index in [1.165, 1.54) is 30.3 Å². The lowest BCUT2D eigenvalue weighted by Crippen LogP contribution is -2.41. The van der Waals surface area contributed by atoms with Crippen molar-refractivity contribution in [3.63, 3.8) is 0 Å². The van der Waals surface area contributed by atoms with E-state index in [-0.39, 0.29) is 11.4 Å². The number of carbonyl (C=O) groups is 1. The van der Waals surface area contributed by atoms with E-state index >= 15 is 0 Å². The van der Waals surface area contributed by atoms with Crippen LogP contribution in [0.25, 0.3) is 0 Å². The van der Waals surface area contributed by atoms with Crippen molar-refractivity contribution >= 4 is 15.9 Å². The molecule has 0 atom stereocenters. The standard InChI is InChI=1S/C18H21FN2O3S/c1-18(2,3)21-25(23,24)16-7-5-4-6-14(16)12-20-17(22)13-8-10-15(19)11-9-13/h4-11,21H,12H2,1-3H3,(H,20,22). The predicted molar refractivity (Wildman–Crippen MR) is 94.1 cm³/mol. The first-order chi connectivity index (χ1) is 11.6. The molecule has 0 saturated heterocycles. The summed E-state index contributed by atoms with van der Waals surface area (Å²) in [5, 5.41) is 2.66. The van der Waals surface area contributed by atoms with E-state index in [4.69, 9.17) is 0 Å².